The summed E-state index contributed by atoms with van der Waals surface area (Å²) in [7, 11) is 4.07. The van der Waals surface area contributed by atoms with Crippen LogP contribution in [0.2, 0.25) is 0 Å². The smallest absolute Gasteiger partial charge is 0.123 e. The molecule has 0 aliphatic carbocycles. The van der Waals surface area contributed by atoms with Gasteiger partial charge >= 0.3 is 0 Å². The first-order valence-electron chi connectivity index (χ1n) is 14.8. The fourth-order valence-corrected chi connectivity index (χ4v) is 5.46. The van der Waals surface area contributed by atoms with E-state index in [1.165, 1.54) is 12.1 Å². The van der Waals surface area contributed by atoms with E-state index in [0.717, 1.165) is 55.1 Å². The Balaban J connectivity index is 1.21. The lowest BCUT2D eigenvalue weighted by Gasteiger charge is -2.16. The molecule has 0 aliphatic rings. The van der Waals surface area contributed by atoms with Gasteiger partial charge in [0.25, 0.3) is 0 Å². The molecule has 0 spiro atoms. The van der Waals surface area contributed by atoms with Crippen LogP contribution in [0.4, 0.5) is 44.2 Å². The van der Waals surface area contributed by atoms with E-state index in [1.807, 2.05) is 105 Å². The molecule has 222 valence electrons. The molecule has 0 N–H and O–H groups in total. The van der Waals surface area contributed by atoms with Crippen molar-refractivity contribution in [2.45, 2.75) is 0 Å². The van der Waals surface area contributed by atoms with E-state index in [4.69, 9.17) is 0 Å². The largest absolute Gasteiger partial charge is 0.377 e. The Morgan fingerprint density at radius 3 is 1.09 bits per heavy atom. The van der Waals surface area contributed by atoms with Crippen molar-refractivity contribution in [3.8, 4) is 0 Å². The van der Waals surface area contributed by atoms with E-state index in [9.17, 15) is 4.39 Å². The summed E-state index contributed by atoms with van der Waals surface area (Å²) in [4.78, 5) is 2.10. The van der Waals surface area contributed by atoms with Crippen LogP contribution in [0.1, 0.15) is 0 Å². The van der Waals surface area contributed by atoms with Crippen molar-refractivity contribution < 1.29 is 4.39 Å². The molecule has 0 heterocycles. The lowest BCUT2D eigenvalue weighted by molar-refractivity contribution is 0.628. The second-order valence-corrected chi connectivity index (χ2v) is 10.9. The van der Waals surface area contributed by atoms with Gasteiger partial charge in [0.05, 0.1) is 34.1 Å². The fourth-order valence-electron chi connectivity index (χ4n) is 5.46. The fraction of sp³-hybridized carbons (Fsp3) is 0.0526. The predicted molar refractivity (Wildman–Crippen MR) is 185 cm³/mol. The molecule has 0 fully saturated rings. The molecule has 8 heteroatoms. The van der Waals surface area contributed by atoms with E-state index in [2.05, 4.69) is 53.8 Å². The summed E-state index contributed by atoms with van der Waals surface area (Å²) in [5.74, 6) is -0.314. The molecule has 7 aromatic rings. The summed E-state index contributed by atoms with van der Waals surface area (Å²) in [6, 6.07) is 41.6. The normalized spacial score (nSPS) is 12.0. The average Bonchev–Trinajstić information content (AvgIpc) is 3.09. The lowest BCUT2D eigenvalue weighted by Crippen LogP contribution is -2.08. The van der Waals surface area contributed by atoms with Gasteiger partial charge in [0.1, 0.15) is 5.82 Å². The summed E-state index contributed by atoms with van der Waals surface area (Å²) in [5.41, 5.74) is 5.37. The molecular weight excluding hydrogens is 573 g/mol. The van der Waals surface area contributed by atoms with E-state index in [-0.39, 0.29) is 5.82 Å². The molecule has 7 rings (SSSR count). The maximum Gasteiger partial charge on any atom is 0.123 e. The Morgan fingerprint density at radius 2 is 0.696 bits per heavy atom. The zero-order chi connectivity index (χ0) is 31.5. The molecule has 0 unspecified atom stereocenters. The molecule has 0 radical (unpaired) electrons. The highest BCUT2D eigenvalue weighted by Gasteiger charge is 2.10. The molecule has 0 saturated heterocycles. The second kappa shape index (κ2) is 12.5. The van der Waals surface area contributed by atoms with Gasteiger partial charge in [0.2, 0.25) is 0 Å². The SMILES string of the molecule is CN(C)c1ccc(N=Nc2ccc(N=Nc3ccc(N=Nc4ccc(F)cc4)c4ccccc34)c3ccccc23)c2ccccc12. The number of benzene rings is 7. The standard InChI is InChI=1S/C38H28FN7/c1-46(2)38-24-23-37(31-13-7-8-14-32(31)38)45-44-36-22-21-35(29-11-5-6-12-30(29)36)43-42-34-20-19-33(27-9-3-4-10-28(27)34)41-40-26-17-15-25(39)16-18-26/h3-24H,1-2H3. The van der Waals surface area contributed by atoms with Crippen LogP contribution in [-0.2, 0) is 0 Å². The second-order valence-electron chi connectivity index (χ2n) is 10.9. The Bertz CT molecular complexity index is 2310. The molecule has 0 saturated carbocycles. The highest BCUT2D eigenvalue weighted by atomic mass is 19.1. The Kier molecular flexibility index (Phi) is 7.75. The molecule has 7 nitrogen and oxygen atoms in total. The van der Waals surface area contributed by atoms with Crippen LogP contribution >= 0.6 is 0 Å². The van der Waals surface area contributed by atoms with Crippen molar-refractivity contribution in [2.24, 2.45) is 30.7 Å². The van der Waals surface area contributed by atoms with E-state index in [0.29, 0.717) is 17.1 Å². The number of rotatable bonds is 7. The number of azo groups is 3. The summed E-state index contributed by atoms with van der Waals surface area (Å²) in [6.07, 6.45) is 0. The third kappa shape index (κ3) is 5.71. The minimum Gasteiger partial charge on any atom is -0.377 e. The van der Waals surface area contributed by atoms with Crippen molar-refractivity contribution in [3.05, 3.63) is 139 Å². The maximum atomic E-state index is 13.3. The molecule has 46 heavy (non-hydrogen) atoms. The lowest BCUT2D eigenvalue weighted by atomic mass is 10.1. The van der Waals surface area contributed by atoms with Crippen molar-refractivity contribution >= 4 is 72.1 Å². The van der Waals surface area contributed by atoms with Gasteiger partial charge in [-0.2, -0.15) is 5.11 Å². The summed E-state index contributed by atoms with van der Waals surface area (Å²) in [5, 5.41) is 33.2. The minimum atomic E-state index is -0.314. The first kappa shape index (κ1) is 28.6. The number of halogens is 1. The molecule has 0 atom stereocenters. The van der Waals surface area contributed by atoms with Crippen molar-refractivity contribution in [3.63, 3.8) is 0 Å². The monoisotopic (exact) mass is 601 g/mol. The van der Waals surface area contributed by atoms with Crippen LogP contribution in [0.3, 0.4) is 0 Å². The summed E-state index contributed by atoms with van der Waals surface area (Å²) >= 11 is 0. The van der Waals surface area contributed by atoms with Gasteiger partial charge in [-0.15, -0.1) is 25.6 Å². The van der Waals surface area contributed by atoms with E-state index >= 15 is 0 Å². The number of hydrogen-bond donors (Lipinski definition) is 0. The zero-order valence-corrected chi connectivity index (χ0v) is 25.2. The summed E-state index contributed by atoms with van der Waals surface area (Å²) in [6.45, 7) is 0. The van der Waals surface area contributed by atoms with Gasteiger partial charge in [0.15, 0.2) is 0 Å². The molecule has 0 aromatic heterocycles. The Hall–Kier alpha value is -6.15. The van der Waals surface area contributed by atoms with Crippen molar-refractivity contribution in [2.75, 3.05) is 19.0 Å². The van der Waals surface area contributed by atoms with Gasteiger partial charge in [0, 0.05) is 52.1 Å². The Labute approximate surface area is 265 Å². The van der Waals surface area contributed by atoms with Crippen LogP contribution in [0.15, 0.2) is 164 Å². The molecule has 0 amide bonds. The third-order valence-electron chi connectivity index (χ3n) is 7.75. The van der Waals surface area contributed by atoms with Crippen LogP contribution in [0.5, 0.6) is 0 Å². The quantitative estimate of drug-likeness (QED) is 0.167. The van der Waals surface area contributed by atoms with Gasteiger partial charge in [-0.3, -0.25) is 0 Å². The molecule has 0 aliphatic heterocycles. The Morgan fingerprint density at radius 1 is 0.370 bits per heavy atom. The zero-order valence-electron chi connectivity index (χ0n) is 25.2. The van der Waals surface area contributed by atoms with Crippen LogP contribution in [0.25, 0.3) is 32.3 Å². The van der Waals surface area contributed by atoms with Gasteiger partial charge < -0.3 is 4.90 Å². The van der Waals surface area contributed by atoms with Gasteiger partial charge in [-0.05, 0) is 60.7 Å². The van der Waals surface area contributed by atoms with Crippen LogP contribution in [-0.4, -0.2) is 14.1 Å². The maximum absolute atomic E-state index is 13.3. The highest BCUT2D eigenvalue weighted by molar-refractivity contribution is 6.02. The highest BCUT2D eigenvalue weighted by Crippen LogP contribution is 2.39. The van der Waals surface area contributed by atoms with Crippen LogP contribution < -0.4 is 4.90 Å². The molecule has 7 aromatic carbocycles. The minimum absolute atomic E-state index is 0.314. The number of anilines is 1. The molecule has 0 bridgehead atoms. The number of nitrogens with zero attached hydrogens (tertiary/aromatic N) is 7. The van der Waals surface area contributed by atoms with Crippen molar-refractivity contribution in [1.82, 2.24) is 0 Å². The number of hydrogen-bond acceptors (Lipinski definition) is 7. The average molecular weight is 602 g/mol. The van der Waals surface area contributed by atoms with Gasteiger partial charge in [-0.1, -0.05) is 72.8 Å². The van der Waals surface area contributed by atoms with E-state index < -0.39 is 0 Å². The van der Waals surface area contributed by atoms with Crippen molar-refractivity contribution in [1.29, 1.82) is 0 Å². The number of fused-ring (bicyclic) bond motifs is 3. The van der Waals surface area contributed by atoms with Crippen LogP contribution in [0, 0.1) is 5.82 Å². The first-order chi connectivity index (χ1) is 22.5. The third-order valence-corrected chi connectivity index (χ3v) is 7.75. The summed E-state index contributed by atoms with van der Waals surface area (Å²) < 4.78 is 13.3. The predicted octanol–water partition coefficient (Wildman–Crippen LogP) is 12.6. The van der Waals surface area contributed by atoms with E-state index in [1.54, 1.807) is 12.1 Å². The first-order valence-corrected chi connectivity index (χ1v) is 14.8. The topological polar surface area (TPSA) is 77.4 Å². The molecular formula is C38H28FN7. The van der Waals surface area contributed by atoms with Gasteiger partial charge in [-0.25, -0.2) is 4.39 Å².